The number of Topliss-reactive ketones (excluding diaryl/α,β-unsaturated/α-hetero) is 1. The van der Waals surface area contributed by atoms with Crippen LogP contribution in [0.4, 0.5) is 0 Å². The van der Waals surface area contributed by atoms with E-state index in [1.807, 2.05) is 42.1 Å². The molecule has 1 aromatic heterocycles. The van der Waals surface area contributed by atoms with Crippen LogP contribution >= 0.6 is 34.4 Å². The Morgan fingerprint density at radius 3 is 2.60 bits per heavy atom. The average molecular weight is 662 g/mol. The first-order valence-corrected chi connectivity index (χ1v) is 15.7. The largest absolute Gasteiger partial charge is 0.481 e. The molecule has 1 saturated carbocycles. The molecule has 1 aliphatic rings. The summed E-state index contributed by atoms with van der Waals surface area (Å²) >= 11 is 4.17. The second kappa shape index (κ2) is 12.7. The summed E-state index contributed by atoms with van der Waals surface area (Å²) in [5.41, 5.74) is 5.99. The third kappa shape index (κ3) is 7.40. The number of fused-ring (bicyclic) bond motifs is 1. The summed E-state index contributed by atoms with van der Waals surface area (Å²) in [4.78, 5) is 28.5. The summed E-state index contributed by atoms with van der Waals surface area (Å²) < 4.78 is 1.16. The number of hydrogen-bond acceptors (Lipinski definition) is 4. The van der Waals surface area contributed by atoms with E-state index in [0.717, 1.165) is 68.3 Å². The van der Waals surface area contributed by atoms with Gasteiger partial charge in [-0.05, 0) is 102 Å². The molecular formula is C34H32INO3S. The number of ketones is 1. The molecule has 0 amide bonds. The Balaban J connectivity index is 1.36. The standard InChI is InChI=1S/C34H32INO3S/c1-23(37)30-8-3-2-6-25(30)12-16-32(40-22-34(17-18-34)21-33(38)39)27-7-4-5-24(19-27)9-14-29-15-11-26-10-13-28(35)20-31(26)36-29/h2-11,13-15,19-20,32H,12,16-18,21-22H2,1H3,(H,38,39)/b14-9+/t32-/m1/s1. The van der Waals surface area contributed by atoms with Gasteiger partial charge in [-0.25, -0.2) is 4.98 Å². The fraction of sp³-hybridized carbons (Fsp3) is 0.265. The van der Waals surface area contributed by atoms with Gasteiger partial charge in [-0.3, -0.25) is 9.59 Å². The van der Waals surface area contributed by atoms with Crippen LogP contribution in [0.25, 0.3) is 23.1 Å². The van der Waals surface area contributed by atoms with Crippen molar-refractivity contribution in [3.63, 3.8) is 0 Å². The predicted molar refractivity (Wildman–Crippen MR) is 174 cm³/mol. The number of benzene rings is 3. The molecule has 40 heavy (non-hydrogen) atoms. The van der Waals surface area contributed by atoms with Gasteiger partial charge in [-0.15, -0.1) is 0 Å². The Bertz CT molecular complexity index is 1580. The molecule has 0 spiro atoms. The Morgan fingerprint density at radius 1 is 1.02 bits per heavy atom. The van der Waals surface area contributed by atoms with E-state index in [2.05, 4.69) is 83.3 Å². The molecule has 0 unspecified atom stereocenters. The van der Waals surface area contributed by atoms with E-state index in [4.69, 9.17) is 4.98 Å². The summed E-state index contributed by atoms with van der Waals surface area (Å²) in [6.45, 7) is 1.62. The summed E-state index contributed by atoms with van der Waals surface area (Å²) in [5, 5.41) is 10.7. The summed E-state index contributed by atoms with van der Waals surface area (Å²) in [6, 6.07) is 26.8. The number of pyridine rings is 1. The van der Waals surface area contributed by atoms with Crippen molar-refractivity contribution >= 4 is 69.2 Å². The number of carbonyl (C=O) groups is 2. The van der Waals surface area contributed by atoms with Gasteiger partial charge >= 0.3 is 5.97 Å². The zero-order valence-electron chi connectivity index (χ0n) is 22.5. The number of carboxylic acids is 1. The van der Waals surface area contributed by atoms with Gasteiger partial charge in [0.15, 0.2) is 5.78 Å². The SMILES string of the molecule is CC(=O)c1ccccc1CC[C@@H](SCC1(CC(=O)O)CC1)c1cccc(/C=C/c2ccc3ccc(I)cc3n2)c1. The molecule has 1 aliphatic carbocycles. The van der Waals surface area contributed by atoms with Crippen molar-refractivity contribution < 1.29 is 14.7 Å². The predicted octanol–water partition coefficient (Wildman–Crippen LogP) is 8.87. The first kappa shape index (κ1) is 28.6. The lowest BCUT2D eigenvalue weighted by Crippen LogP contribution is -2.12. The molecular weight excluding hydrogens is 629 g/mol. The topological polar surface area (TPSA) is 67.3 Å². The van der Waals surface area contributed by atoms with Crippen molar-refractivity contribution in [2.45, 2.75) is 44.3 Å². The molecule has 5 rings (SSSR count). The minimum Gasteiger partial charge on any atom is -0.481 e. The number of carbonyl (C=O) groups excluding carboxylic acids is 1. The minimum atomic E-state index is -0.714. The fourth-order valence-electron chi connectivity index (χ4n) is 5.11. The second-order valence-electron chi connectivity index (χ2n) is 10.7. The normalized spacial score (nSPS) is 14.8. The molecule has 3 aromatic carbocycles. The first-order valence-electron chi connectivity index (χ1n) is 13.6. The third-order valence-electron chi connectivity index (χ3n) is 7.55. The lowest BCUT2D eigenvalue weighted by atomic mass is 9.97. The van der Waals surface area contributed by atoms with Gasteiger partial charge in [0.2, 0.25) is 0 Å². The maximum absolute atomic E-state index is 12.2. The van der Waals surface area contributed by atoms with Crippen molar-refractivity contribution in [3.8, 4) is 0 Å². The van der Waals surface area contributed by atoms with Crippen LogP contribution in [-0.4, -0.2) is 27.6 Å². The fourth-order valence-corrected chi connectivity index (χ4v) is 7.15. The first-order chi connectivity index (χ1) is 19.3. The van der Waals surface area contributed by atoms with E-state index in [1.165, 1.54) is 5.56 Å². The quantitative estimate of drug-likeness (QED) is 0.121. The number of halogens is 1. The molecule has 0 bridgehead atoms. The zero-order valence-corrected chi connectivity index (χ0v) is 25.5. The van der Waals surface area contributed by atoms with Crippen molar-refractivity contribution in [3.05, 3.63) is 110 Å². The molecule has 1 fully saturated rings. The Morgan fingerprint density at radius 2 is 1.82 bits per heavy atom. The van der Waals surface area contributed by atoms with Crippen molar-refractivity contribution in [2.24, 2.45) is 5.41 Å². The number of nitrogens with zero attached hydrogens (tertiary/aromatic N) is 1. The van der Waals surface area contributed by atoms with Gasteiger partial charge in [-0.1, -0.05) is 66.7 Å². The molecule has 1 N–H and O–H groups in total. The van der Waals surface area contributed by atoms with E-state index < -0.39 is 5.97 Å². The second-order valence-corrected chi connectivity index (χ2v) is 13.1. The van der Waals surface area contributed by atoms with Crippen LogP contribution in [0.2, 0.25) is 0 Å². The van der Waals surface area contributed by atoms with Crippen molar-refractivity contribution in [2.75, 3.05) is 5.75 Å². The van der Waals surface area contributed by atoms with Crippen LogP contribution in [0, 0.1) is 8.99 Å². The van der Waals surface area contributed by atoms with Crippen LogP contribution in [0.1, 0.15) is 70.6 Å². The molecule has 0 radical (unpaired) electrons. The highest BCUT2D eigenvalue weighted by atomic mass is 127. The maximum Gasteiger partial charge on any atom is 0.303 e. The molecule has 4 aromatic rings. The van der Waals surface area contributed by atoms with Gasteiger partial charge in [0.1, 0.15) is 0 Å². The lowest BCUT2D eigenvalue weighted by molar-refractivity contribution is -0.138. The highest BCUT2D eigenvalue weighted by molar-refractivity contribution is 14.1. The molecule has 0 aliphatic heterocycles. The number of aliphatic carboxylic acids is 1. The van der Waals surface area contributed by atoms with Crippen LogP contribution in [-0.2, 0) is 11.2 Å². The Labute approximate surface area is 253 Å². The monoisotopic (exact) mass is 661 g/mol. The molecule has 204 valence electrons. The number of hydrogen-bond donors (Lipinski definition) is 1. The number of thioether (sulfide) groups is 1. The van der Waals surface area contributed by atoms with Crippen LogP contribution in [0.15, 0.2) is 78.9 Å². The van der Waals surface area contributed by atoms with E-state index in [-0.39, 0.29) is 22.9 Å². The smallest absolute Gasteiger partial charge is 0.303 e. The number of carboxylic acid groups (broad SMARTS) is 1. The number of aryl methyl sites for hydroxylation is 1. The average Bonchev–Trinajstić information content (AvgIpc) is 3.70. The third-order valence-corrected chi connectivity index (χ3v) is 9.91. The van der Waals surface area contributed by atoms with Gasteiger partial charge in [0.05, 0.1) is 17.6 Å². The van der Waals surface area contributed by atoms with Gasteiger partial charge < -0.3 is 5.11 Å². The molecule has 1 atom stereocenters. The highest BCUT2D eigenvalue weighted by Crippen LogP contribution is 2.53. The molecule has 0 saturated heterocycles. The molecule has 4 nitrogen and oxygen atoms in total. The summed E-state index contributed by atoms with van der Waals surface area (Å²) in [6.07, 6.45) is 8.01. The lowest BCUT2D eigenvalue weighted by Gasteiger charge is -2.21. The Hall–Kier alpha value is -2.97. The maximum atomic E-state index is 12.2. The van der Waals surface area contributed by atoms with E-state index in [0.29, 0.717) is 0 Å². The summed E-state index contributed by atoms with van der Waals surface area (Å²) in [7, 11) is 0. The zero-order chi connectivity index (χ0) is 28.1. The van der Waals surface area contributed by atoms with E-state index >= 15 is 0 Å². The van der Waals surface area contributed by atoms with Gasteiger partial charge in [0, 0.05) is 25.5 Å². The minimum absolute atomic E-state index is 0.0802. The van der Waals surface area contributed by atoms with Crippen LogP contribution in [0.5, 0.6) is 0 Å². The number of aromatic nitrogens is 1. The number of rotatable bonds is 12. The van der Waals surface area contributed by atoms with Gasteiger partial charge in [0.25, 0.3) is 0 Å². The van der Waals surface area contributed by atoms with E-state index in [1.54, 1.807) is 6.92 Å². The van der Waals surface area contributed by atoms with Crippen molar-refractivity contribution in [1.82, 2.24) is 4.98 Å². The van der Waals surface area contributed by atoms with Crippen LogP contribution in [0.3, 0.4) is 0 Å². The van der Waals surface area contributed by atoms with Crippen LogP contribution < -0.4 is 0 Å². The Kier molecular flexibility index (Phi) is 9.06. The van der Waals surface area contributed by atoms with Crippen molar-refractivity contribution in [1.29, 1.82) is 0 Å². The van der Waals surface area contributed by atoms with E-state index in [9.17, 15) is 14.7 Å². The summed E-state index contributed by atoms with van der Waals surface area (Å²) in [5.74, 6) is 0.203. The molecule has 1 heterocycles. The highest BCUT2D eigenvalue weighted by Gasteiger charge is 2.44. The molecule has 6 heteroatoms. The van der Waals surface area contributed by atoms with Gasteiger partial charge in [-0.2, -0.15) is 11.8 Å².